The smallest absolute Gasteiger partial charge is 0.228 e. The summed E-state index contributed by atoms with van der Waals surface area (Å²) in [5.41, 5.74) is 0. The normalized spacial score (nSPS) is 10.3. The Kier molecular flexibility index (Phi) is 2.19. The highest BCUT2D eigenvalue weighted by Gasteiger charge is 2.05. The van der Waals surface area contributed by atoms with Crippen molar-refractivity contribution in [2.24, 2.45) is 0 Å². The first kappa shape index (κ1) is 8.51. The molecule has 0 saturated heterocycles. The minimum Gasteiger partial charge on any atom is -0.480 e. The number of pyridine rings is 1. The molecule has 1 radical (unpaired) electrons. The average Bonchev–Trinajstić information content (AvgIpc) is 2.19. The molecule has 0 amide bonds. The van der Waals surface area contributed by atoms with E-state index in [1.54, 1.807) is 7.11 Å². The fourth-order valence-corrected chi connectivity index (χ4v) is 1.78. The zero-order valence-electron chi connectivity index (χ0n) is 7.04. The Balaban J connectivity index is 2.79. The molecule has 0 N–H and O–H groups in total. The molecule has 0 aliphatic rings. The van der Waals surface area contributed by atoms with E-state index in [1.165, 1.54) is 0 Å². The van der Waals surface area contributed by atoms with E-state index < -0.39 is 0 Å². The minimum absolute atomic E-state index is 0.568. The van der Waals surface area contributed by atoms with Gasteiger partial charge in [-0.15, -0.1) is 0 Å². The number of ether oxygens (including phenoxy) is 1. The van der Waals surface area contributed by atoms with Crippen LogP contribution < -0.4 is 4.74 Å². The lowest BCUT2D eigenvalue weighted by atomic mass is 10.2. The molecule has 0 atom stereocenters. The van der Waals surface area contributed by atoms with Gasteiger partial charge in [0.25, 0.3) is 0 Å². The van der Waals surface area contributed by atoms with Crippen molar-refractivity contribution in [1.29, 1.82) is 0 Å². The van der Waals surface area contributed by atoms with Crippen LogP contribution in [0.1, 0.15) is 0 Å². The van der Waals surface area contributed by atoms with Crippen molar-refractivity contribution in [2.75, 3.05) is 7.11 Å². The second-order valence-corrected chi connectivity index (χ2v) is 3.39. The van der Waals surface area contributed by atoms with E-state index in [4.69, 9.17) is 4.74 Å². The van der Waals surface area contributed by atoms with E-state index in [-0.39, 0.29) is 0 Å². The zero-order valence-corrected chi connectivity index (χ0v) is 8.63. The van der Waals surface area contributed by atoms with Crippen LogP contribution in [0.3, 0.4) is 0 Å². The lowest BCUT2D eigenvalue weighted by Gasteiger charge is -2.03. The van der Waals surface area contributed by atoms with Crippen molar-refractivity contribution in [1.82, 2.24) is 4.98 Å². The highest BCUT2D eigenvalue weighted by molar-refractivity contribution is 9.10. The maximum atomic E-state index is 5.06. The second-order valence-electron chi connectivity index (χ2n) is 2.59. The Bertz CT molecular complexity index is 442. The number of aromatic nitrogens is 1. The van der Waals surface area contributed by atoms with Gasteiger partial charge < -0.3 is 4.74 Å². The van der Waals surface area contributed by atoms with Crippen LogP contribution in [-0.2, 0) is 0 Å². The molecule has 1 heterocycles. The number of fused-ring (bicyclic) bond motifs is 1. The molecule has 1 aromatic carbocycles. The maximum Gasteiger partial charge on any atom is 0.228 e. The summed E-state index contributed by atoms with van der Waals surface area (Å²) in [6, 6.07) is 7.90. The lowest BCUT2D eigenvalue weighted by Crippen LogP contribution is -1.89. The predicted octanol–water partition coefficient (Wildman–Crippen LogP) is 2.81. The van der Waals surface area contributed by atoms with Gasteiger partial charge in [-0.25, -0.2) is 4.98 Å². The van der Waals surface area contributed by atoms with Gasteiger partial charge in [-0.3, -0.25) is 0 Å². The summed E-state index contributed by atoms with van der Waals surface area (Å²) in [6.45, 7) is 0. The summed E-state index contributed by atoms with van der Waals surface area (Å²) >= 11 is 3.43. The molecule has 0 aliphatic carbocycles. The van der Waals surface area contributed by atoms with E-state index in [9.17, 15) is 0 Å². The minimum atomic E-state index is 0.568. The second kappa shape index (κ2) is 3.34. The molecule has 0 unspecified atom stereocenters. The number of halogens is 1. The fourth-order valence-electron chi connectivity index (χ4n) is 1.18. The molecular formula is C10H7BrNO. The van der Waals surface area contributed by atoms with Gasteiger partial charge in [-0.2, -0.15) is 0 Å². The molecule has 2 aromatic rings. The van der Waals surface area contributed by atoms with Crippen LogP contribution in [0.25, 0.3) is 10.8 Å². The van der Waals surface area contributed by atoms with E-state index >= 15 is 0 Å². The van der Waals surface area contributed by atoms with Crippen LogP contribution >= 0.6 is 15.9 Å². The molecule has 0 aliphatic heterocycles. The molecule has 0 bridgehead atoms. The van der Waals surface area contributed by atoms with E-state index in [2.05, 4.69) is 27.1 Å². The number of methoxy groups -OCH3 is 1. The summed E-state index contributed by atoms with van der Waals surface area (Å²) in [7, 11) is 1.59. The molecule has 2 nitrogen and oxygen atoms in total. The molecule has 2 rings (SSSR count). The largest absolute Gasteiger partial charge is 0.480 e. The Hall–Kier alpha value is -1.09. The first-order valence-corrected chi connectivity index (χ1v) is 4.62. The standard InChI is InChI=1S/C10H7BrNO/c1-13-10-9(11)8-5-3-2-4-7(8)6-12-10/h2-5H,1H3. The van der Waals surface area contributed by atoms with Gasteiger partial charge >= 0.3 is 0 Å². The van der Waals surface area contributed by atoms with Crippen molar-refractivity contribution in [3.63, 3.8) is 0 Å². The predicted molar refractivity (Wildman–Crippen MR) is 54.8 cm³/mol. The van der Waals surface area contributed by atoms with E-state index in [1.807, 2.05) is 24.3 Å². The van der Waals surface area contributed by atoms with Gasteiger partial charge in [-0.1, -0.05) is 24.3 Å². The van der Waals surface area contributed by atoms with E-state index in [0.717, 1.165) is 15.2 Å². The average molecular weight is 237 g/mol. The number of benzene rings is 1. The first-order chi connectivity index (χ1) is 6.33. The molecular weight excluding hydrogens is 230 g/mol. The third kappa shape index (κ3) is 1.40. The van der Waals surface area contributed by atoms with Gasteiger partial charge in [0.1, 0.15) is 6.20 Å². The van der Waals surface area contributed by atoms with Gasteiger partial charge in [0.2, 0.25) is 5.88 Å². The summed E-state index contributed by atoms with van der Waals surface area (Å²) in [4.78, 5) is 4.03. The van der Waals surface area contributed by atoms with Gasteiger partial charge in [0.05, 0.1) is 11.6 Å². The summed E-state index contributed by atoms with van der Waals surface area (Å²) in [5, 5.41) is 2.05. The first-order valence-electron chi connectivity index (χ1n) is 3.83. The van der Waals surface area contributed by atoms with Crippen molar-refractivity contribution >= 4 is 26.7 Å². The molecule has 0 spiro atoms. The van der Waals surface area contributed by atoms with Crippen LogP contribution in [-0.4, -0.2) is 12.1 Å². The molecule has 0 fully saturated rings. The molecule has 1 aromatic heterocycles. The Morgan fingerprint density at radius 2 is 2.15 bits per heavy atom. The van der Waals surface area contributed by atoms with Crippen molar-refractivity contribution in [3.8, 4) is 5.88 Å². The monoisotopic (exact) mass is 236 g/mol. The van der Waals surface area contributed by atoms with E-state index in [0.29, 0.717) is 5.88 Å². The summed E-state index contributed by atoms with van der Waals surface area (Å²) < 4.78 is 5.94. The molecule has 65 valence electrons. The van der Waals surface area contributed by atoms with Crippen molar-refractivity contribution < 1.29 is 4.74 Å². The highest BCUT2D eigenvalue weighted by Crippen LogP contribution is 2.29. The Morgan fingerprint density at radius 3 is 2.92 bits per heavy atom. The number of nitrogens with zero attached hydrogens (tertiary/aromatic N) is 1. The van der Waals surface area contributed by atoms with Gasteiger partial charge in [-0.05, 0) is 15.9 Å². The van der Waals surface area contributed by atoms with Gasteiger partial charge in [0.15, 0.2) is 0 Å². The third-order valence-electron chi connectivity index (χ3n) is 1.82. The fraction of sp³-hybridized carbons (Fsp3) is 0.100. The highest BCUT2D eigenvalue weighted by atomic mass is 79.9. The number of hydrogen-bond acceptors (Lipinski definition) is 2. The lowest BCUT2D eigenvalue weighted by molar-refractivity contribution is 0.396. The van der Waals surface area contributed by atoms with Crippen molar-refractivity contribution in [3.05, 3.63) is 34.9 Å². The van der Waals surface area contributed by atoms with Crippen LogP contribution in [0.4, 0.5) is 0 Å². The van der Waals surface area contributed by atoms with Gasteiger partial charge in [0, 0.05) is 10.8 Å². The third-order valence-corrected chi connectivity index (χ3v) is 2.59. The number of rotatable bonds is 1. The van der Waals surface area contributed by atoms with Crippen LogP contribution in [0.15, 0.2) is 28.7 Å². The number of hydrogen-bond donors (Lipinski definition) is 0. The molecule has 0 saturated carbocycles. The van der Waals surface area contributed by atoms with Crippen molar-refractivity contribution in [2.45, 2.75) is 0 Å². The Labute approximate surface area is 84.7 Å². The maximum absolute atomic E-state index is 5.06. The van der Waals surface area contributed by atoms with Crippen LogP contribution in [0.5, 0.6) is 5.88 Å². The topological polar surface area (TPSA) is 22.1 Å². The molecule has 13 heavy (non-hydrogen) atoms. The SMILES string of the molecule is COc1n[c]c2ccccc2c1Br. The molecule has 3 heteroatoms. The quantitative estimate of drug-likeness (QED) is 0.760. The Morgan fingerprint density at radius 1 is 1.38 bits per heavy atom. The zero-order chi connectivity index (χ0) is 9.26. The van der Waals surface area contributed by atoms with Crippen LogP contribution in [0.2, 0.25) is 0 Å². The summed E-state index contributed by atoms with van der Waals surface area (Å²) in [6.07, 6.45) is 2.91. The van der Waals surface area contributed by atoms with Crippen LogP contribution in [0, 0.1) is 6.20 Å². The summed E-state index contributed by atoms with van der Waals surface area (Å²) in [5.74, 6) is 0.568.